The fraction of sp³-hybridized carbons (Fsp3) is 0.875. The Kier molecular flexibility index (Phi) is 3.51. The Morgan fingerprint density at radius 3 is 2.71 bits per heavy atom. The summed E-state index contributed by atoms with van der Waals surface area (Å²) in [6.07, 6.45) is 2.33. The van der Waals surface area contributed by atoms with Crippen molar-refractivity contribution in [3.8, 4) is 0 Å². The lowest BCUT2D eigenvalue weighted by atomic mass is 9.72. The molecule has 3 fully saturated rings. The minimum absolute atomic E-state index is 0.0438. The molecule has 0 aromatic carbocycles. The molecule has 2 saturated carbocycles. The zero-order valence-electron chi connectivity index (χ0n) is 12.9. The molecule has 1 aliphatic heterocycles. The largest absolute Gasteiger partial charge is 0.461 e. The molecule has 2 bridgehead atoms. The van der Waals surface area contributed by atoms with Gasteiger partial charge in [-0.2, -0.15) is 0 Å². The van der Waals surface area contributed by atoms with Gasteiger partial charge in [-0.25, -0.2) is 0 Å². The number of fused-ring (bicyclic) bond motifs is 1. The SMILES string of the molecule is CC(C)(C)OC(=O)C1C2CC3C(OC(=O)C31)C2CCCO. The lowest BCUT2D eigenvalue weighted by molar-refractivity contribution is -0.166. The number of carbonyl (C=O) groups excluding carboxylic acids is 2. The lowest BCUT2D eigenvalue weighted by Crippen LogP contribution is -2.40. The van der Waals surface area contributed by atoms with E-state index >= 15 is 0 Å². The monoisotopic (exact) mass is 296 g/mol. The first-order valence-electron chi connectivity index (χ1n) is 7.87. The van der Waals surface area contributed by atoms with Crippen molar-refractivity contribution in [2.45, 2.75) is 51.7 Å². The topological polar surface area (TPSA) is 72.8 Å². The molecule has 3 rings (SSSR count). The van der Waals surface area contributed by atoms with Gasteiger partial charge in [-0.15, -0.1) is 0 Å². The van der Waals surface area contributed by atoms with Crippen molar-refractivity contribution in [2.75, 3.05) is 6.61 Å². The first kappa shape index (κ1) is 14.8. The van der Waals surface area contributed by atoms with Crippen molar-refractivity contribution in [1.29, 1.82) is 0 Å². The summed E-state index contributed by atoms with van der Waals surface area (Å²) in [5.74, 6) is -0.616. The molecule has 0 aromatic heterocycles. The van der Waals surface area contributed by atoms with Gasteiger partial charge in [0.2, 0.25) is 0 Å². The van der Waals surface area contributed by atoms with Gasteiger partial charge in [0, 0.05) is 18.4 Å². The van der Waals surface area contributed by atoms with Crippen LogP contribution in [-0.2, 0) is 19.1 Å². The second-order valence-electron chi connectivity index (χ2n) is 7.58. The van der Waals surface area contributed by atoms with E-state index in [4.69, 9.17) is 14.6 Å². The van der Waals surface area contributed by atoms with Gasteiger partial charge in [-0.1, -0.05) is 0 Å². The van der Waals surface area contributed by atoms with E-state index in [1.54, 1.807) is 0 Å². The Hall–Kier alpha value is -1.10. The fourth-order valence-electron chi connectivity index (χ4n) is 4.59. The maximum absolute atomic E-state index is 12.5. The predicted octanol–water partition coefficient (Wildman–Crippen LogP) is 1.52. The molecule has 1 saturated heterocycles. The molecular formula is C16H24O5. The minimum Gasteiger partial charge on any atom is -0.461 e. The molecule has 1 heterocycles. The van der Waals surface area contributed by atoms with Gasteiger partial charge < -0.3 is 14.6 Å². The van der Waals surface area contributed by atoms with Crippen LogP contribution in [0.3, 0.4) is 0 Å². The van der Waals surface area contributed by atoms with Crippen molar-refractivity contribution >= 4 is 11.9 Å². The lowest BCUT2D eigenvalue weighted by Gasteiger charge is -2.32. The van der Waals surface area contributed by atoms with Crippen LogP contribution < -0.4 is 0 Å². The van der Waals surface area contributed by atoms with Crippen LogP contribution in [0.1, 0.15) is 40.0 Å². The van der Waals surface area contributed by atoms with Gasteiger partial charge in [0.15, 0.2) is 0 Å². The van der Waals surface area contributed by atoms with E-state index in [1.807, 2.05) is 20.8 Å². The summed E-state index contributed by atoms with van der Waals surface area (Å²) in [4.78, 5) is 24.6. The van der Waals surface area contributed by atoms with Crippen LogP contribution in [0.2, 0.25) is 0 Å². The first-order valence-corrected chi connectivity index (χ1v) is 7.87. The van der Waals surface area contributed by atoms with Crippen LogP contribution in [0.15, 0.2) is 0 Å². The number of hydrogen-bond donors (Lipinski definition) is 1. The third-order valence-corrected chi connectivity index (χ3v) is 5.15. The Labute approximate surface area is 125 Å². The zero-order valence-corrected chi connectivity index (χ0v) is 12.9. The highest BCUT2D eigenvalue weighted by Gasteiger charge is 2.68. The molecule has 5 heteroatoms. The van der Waals surface area contributed by atoms with Crippen LogP contribution in [0.25, 0.3) is 0 Å². The number of hydrogen-bond acceptors (Lipinski definition) is 5. The Balaban J connectivity index is 1.81. The van der Waals surface area contributed by atoms with Crippen molar-refractivity contribution in [1.82, 2.24) is 0 Å². The highest BCUT2D eigenvalue weighted by molar-refractivity contribution is 5.86. The van der Waals surface area contributed by atoms with Crippen LogP contribution >= 0.6 is 0 Å². The molecule has 6 atom stereocenters. The van der Waals surface area contributed by atoms with Gasteiger partial charge in [0.1, 0.15) is 11.7 Å². The number of aliphatic hydroxyl groups is 1. The quantitative estimate of drug-likeness (QED) is 0.796. The summed E-state index contributed by atoms with van der Waals surface area (Å²) in [5.41, 5.74) is -0.540. The molecule has 5 nitrogen and oxygen atoms in total. The zero-order chi connectivity index (χ0) is 15.4. The van der Waals surface area contributed by atoms with Gasteiger partial charge in [0.25, 0.3) is 0 Å². The maximum atomic E-state index is 12.5. The third-order valence-electron chi connectivity index (χ3n) is 5.15. The highest BCUT2D eigenvalue weighted by Crippen LogP contribution is 2.61. The summed E-state index contributed by atoms with van der Waals surface area (Å²) in [6.45, 7) is 5.67. The van der Waals surface area contributed by atoms with Gasteiger partial charge in [-0.05, 0) is 46.0 Å². The third kappa shape index (κ3) is 2.35. The standard InChI is InChI=1S/C16H24O5/c1-16(2,3)21-15(19)11-9-7-10-12(11)14(18)20-13(10)8(9)5-4-6-17/h8-13,17H,4-7H2,1-3H3. The van der Waals surface area contributed by atoms with Crippen molar-refractivity contribution in [3.63, 3.8) is 0 Å². The van der Waals surface area contributed by atoms with Gasteiger partial charge in [0.05, 0.1) is 11.8 Å². The highest BCUT2D eigenvalue weighted by atomic mass is 16.6. The average Bonchev–Trinajstić information content (AvgIpc) is 2.95. The van der Waals surface area contributed by atoms with E-state index in [1.165, 1.54) is 0 Å². The Bertz CT molecular complexity index is 452. The van der Waals surface area contributed by atoms with E-state index in [9.17, 15) is 9.59 Å². The predicted molar refractivity (Wildman–Crippen MR) is 74.1 cm³/mol. The number of rotatable bonds is 4. The molecule has 0 aromatic rings. The van der Waals surface area contributed by atoms with E-state index in [0.29, 0.717) is 6.42 Å². The maximum Gasteiger partial charge on any atom is 0.310 e. The first-order chi connectivity index (χ1) is 9.83. The Morgan fingerprint density at radius 2 is 2.10 bits per heavy atom. The minimum atomic E-state index is -0.540. The fourth-order valence-corrected chi connectivity index (χ4v) is 4.59. The number of aliphatic hydroxyl groups excluding tert-OH is 1. The van der Waals surface area contributed by atoms with Gasteiger partial charge >= 0.3 is 11.9 Å². The molecule has 2 aliphatic carbocycles. The second-order valence-corrected chi connectivity index (χ2v) is 7.58. The van der Waals surface area contributed by atoms with E-state index in [0.717, 1.165) is 12.8 Å². The number of esters is 2. The van der Waals surface area contributed by atoms with Crippen molar-refractivity contribution < 1.29 is 24.2 Å². The van der Waals surface area contributed by atoms with Crippen LogP contribution in [0, 0.1) is 29.6 Å². The smallest absolute Gasteiger partial charge is 0.310 e. The number of ether oxygens (including phenoxy) is 2. The Morgan fingerprint density at radius 1 is 1.38 bits per heavy atom. The number of carbonyl (C=O) groups is 2. The summed E-state index contributed by atoms with van der Waals surface area (Å²) < 4.78 is 11.1. The molecule has 6 unspecified atom stereocenters. The van der Waals surface area contributed by atoms with E-state index in [2.05, 4.69) is 0 Å². The molecule has 21 heavy (non-hydrogen) atoms. The molecule has 0 radical (unpaired) electrons. The molecule has 3 aliphatic rings. The molecule has 0 amide bonds. The van der Waals surface area contributed by atoms with Gasteiger partial charge in [-0.3, -0.25) is 9.59 Å². The van der Waals surface area contributed by atoms with E-state index < -0.39 is 5.60 Å². The molecular weight excluding hydrogens is 272 g/mol. The van der Waals surface area contributed by atoms with Crippen LogP contribution in [0.5, 0.6) is 0 Å². The summed E-state index contributed by atoms with van der Waals surface area (Å²) >= 11 is 0. The molecule has 1 N–H and O–H groups in total. The summed E-state index contributed by atoms with van der Waals surface area (Å²) in [6, 6.07) is 0. The van der Waals surface area contributed by atoms with Crippen LogP contribution in [0.4, 0.5) is 0 Å². The summed E-state index contributed by atoms with van der Waals surface area (Å²) in [7, 11) is 0. The average molecular weight is 296 g/mol. The second kappa shape index (κ2) is 4.97. The molecule has 118 valence electrons. The van der Waals surface area contributed by atoms with E-state index in [-0.39, 0.29) is 54.2 Å². The van der Waals surface area contributed by atoms with Crippen molar-refractivity contribution in [2.24, 2.45) is 29.6 Å². The summed E-state index contributed by atoms with van der Waals surface area (Å²) in [5, 5.41) is 9.05. The van der Waals surface area contributed by atoms with Crippen LogP contribution in [-0.4, -0.2) is 35.4 Å². The van der Waals surface area contributed by atoms with Crippen molar-refractivity contribution in [3.05, 3.63) is 0 Å². The normalized spacial score (nSPS) is 40.5. The molecule has 0 spiro atoms.